The average Bonchev–Trinajstić information content (AvgIpc) is 2.52. The van der Waals surface area contributed by atoms with Gasteiger partial charge in [-0.15, -0.1) is 0 Å². The molecule has 0 N–H and O–H groups in total. The van der Waals surface area contributed by atoms with E-state index >= 15 is 0 Å². The number of Topliss-reactive ketones (excluding diaryl/α,β-unsaturated/α-hetero) is 1. The first-order chi connectivity index (χ1) is 10.3. The lowest BCUT2D eigenvalue weighted by atomic mass is 10.1. The molecule has 2 rings (SSSR count). The number of carbonyl (C=O) groups excluding carboxylic acids is 1. The van der Waals surface area contributed by atoms with Crippen LogP contribution in [-0.2, 0) is 4.74 Å². The van der Waals surface area contributed by atoms with Gasteiger partial charge in [-0.2, -0.15) is 0 Å². The molecular weight excluding hydrogens is 267 g/mol. The number of halogens is 1. The van der Waals surface area contributed by atoms with Gasteiger partial charge in [0.2, 0.25) is 0 Å². The highest BCUT2D eigenvalue weighted by molar-refractivity contribution is 5.96. The first kappa shape index (κ1) is 15.1. The standard InChI is InChI=1S/C18H17FO2/c19-17-10-8-16(9-11-17)18(20)12-14-21-13-4-7-15-5-2-1-3-6-15/h1-11H,12-14H2. The molecule has 0 radical (unpaired) electrons. The predicted octanol–water partition coefficient (Wildman–Crippen LogP) is 4.13. The Hall–Kier alpha value is -2.26. The third kappa shape index (κ3) is 5.32. The molecule has 0 saturated carbocycles. The zero-order valence-corrected chi connectivity index (χ0v) is 11.7. The lowest BCUT2D eigenvalue weighted by molar-refractivity contribution is 0.0910. The summed E-state index contributed by atoms with van der Waals surface area (Å²) in [6.45, 7) is 0.820. The molecule has 0 heterocycles. The van der Waals surface area contributed by atoms with Crippen LogP contribution in [0.25, 0.3) is 6.08 Å². The zero-order chi connectivity index (χ0) is 14.9. The molecule has 2 aromatic rings. The van der Waals surface area contributed by atoms with Gasteiger partial charge in [-0.05, 0) is 29.8 Å². The minimum Gasteiger partial charge on any atom is -0.377 e. The van der Waals surface area contributed by atoms with Crippen molar-refractivity contribution in [3.63, 3.8) is 0 Å². The number of benzene rings is 2. The number of hydrogen-bond donors (Lipinski definition) is 0. The molecule has 0 aliphatic rings. The van der Waals surface area contributed by atoms with E-state index in [0.717, 1.165) is 5.56 Å². The van der Waals surface area contributed by atoms with Crippen LogP contribution in [0.15, 0.2) is 60.7 Å². The third-order valence-corrected chi connectivity index (χ3v) is 2.96. The van der Waals surface area contributed by atoms with E-state index in [1.54, 1.807) is 0 Å². The van der Waals surface area contributed by atoms with Crippen molar-refractivity contribution in [3.05, 3.63) is 77.6 Å². The Balaban J connectivity index is 1.67. The lowest BCUT2D eigenvalue weighted by Crippen LogP contribution is -2.04. The summed E-state index contributed by atoms with van der Waals surface area (Å²) in [6.07, 6.45) is 4.18. The molecule has 0 amide bonds. The maximum absolute atomic E-state index is 12.7. The quantitative estimate of drug-likeness (QED) is 0.564. The monoisotopic (exact) mass is 284 g/mol. The molecule has 0 aliphatic carbocycles. The summed E-state index contributed by atoms with van der Waals surface area (Å²) < 4.78 is 18.1. The van der Waals surface area contributed by atoms with Crippen molar-refractivity contribution in [2.75, 3.05) is 13.2 Å². The van der Waals surface area contributed by atoms with Crippen molar-refractivity contribution in [2.24, 2.45) is 0 Å². The molecule has 2 aromatic carbocycles. The fourth-order valence-corrected chi connectivity index (χ4v) is 1.84. The van der Waals surface area contributed by atoms with Crippen molar-refractivity contribution in [2.45, 2.75) is 6.42 Å². The van der Waals surface area contributed by atoms with Gasteiger partial charge in [0.25, 0.3) is 0 Å². The molecule has 21 heavy (non-hydrogen) atoms. The second kappa shape index (κ2) is 8.12. The van der Waals surface area contributed by atoms with Crippen LogP contribution in [0.2, 0.25) is 0 Å². The van der Waals surface area contributed by atoms with Crippen LogP contribution in [0.3, 0.4) is 0 Å². The maximum atomic E-state index is 12.7. The van der Waals surface area contributed by atoms with Crippen LogP contribution in [0.4, 0.5) is 4.39 Å². The minimum atomic E-state index is -0.339. The summed E-state index contributed by atoms with van der Waals surface area (Å²) in [5, 5.41) is 0. The Morgan fingerprint density at radius 1 is 1.05 bits per heavy atom. The maximum Gasteiger partial charge on any atom is 0.165 e. The Morgan fingerprint density at radius 2 is 1.76 bits per heavy atom. The summed E-state index contributed by atoms with van der Waals surface area (Å²) in [4.78, 5) is 11.8. The molecule has 2 nitrogen and oxygen atoms in total. The van der Waals surface area contributed by atoms with Crippen LogP contribution < -0.4 is 0 Å². The van der Waals surface area contributed by atoms with Gasteiger partial charge in [-0.1, -0.05) is 42.5 Å². The van der Waals surface area contributed by atoms with Crippen LogP contribution in [0, 0.1) is 5.82 Å². The fraction of sp³-hybridized carbons (Fsp3) is 0.167. The smallest absolute Gasteiger partial charge is 0.165 e. The van der Waals surface area contributed by atoms with E-state index in [-0.39, 0.29) is 11.6 Å². The summed E-state index contributed by atoms with van der Waals surface area (Å²) in [6, 6.07) is 15.5. The number of rotatable bonds is 7. The van der Waals surface area contributed by atoms with Gasteiger partial charge in [0.1, 0.15) is 5.82 Å². The molecule has 108 valence electrons. The average molecular weight is 284 g/mol. The highest BCUT2D eigenvalue weighted by Crippen LogP contribution is 2.06. The van der Waals surface area contributed by atoms with Gasteiger partial charge in [0.15, 0.2) is 5.78 Å². The summed E-state index contributed by atoms with van der Waals surface area (Å²) in [7, 11) is 0. The third-order valence-electron chi connectivity index (χ3n) is 2.96. The van der Waals surface area contributed by atoms with Crippen LogP contribution in [-0.4, -0.2) is 19.0 Å². The van der Waals surface area contributed by atoms with Crippen molar-refractivity contribution in [1.82, 2.24) is 0 Å². The molecule has 0 fully saturated rings. The number of ether oxygens (including phenoxy) is 1. The summed E-state index contributed by atoms with van der Waals surface area (Å²) in [5.41, 5.74) is 1.63. The van der Waals surface area contributed by atoms with E-state index in [2.05, 4.69) is 0 Å². The predicted molar refractivity (Wildman–Crippen MR) is 81.6 cm³/mol. The van der Waals surface area contributed by atoms with Gasteiger partial charge in [-0.3, -0.25) is 4.79 Å². The second-order valence-corrected chi connectivity index (χ2v) is 4.57. The number of hydrogen-bond acceptors (Lipinski definition) is 2. The summed E-state index contributed by atoms with van der Waals surface area (Å²) in [5.74, 6) is -0.379. The Morgan fingerprint density at radius 3 is 2.48 bits per heavy atom. The SMILES string of the molecule is O=C(CCOCC=Cc1ccccc1)c1ccc(F)cc1. The van der Waals surface area contributed by atoms with Gasteiger partial charge >= 0.3 is 0 Å². The van der Waals surface area contributed by atoms with E-state index in [0.29, 0.717) is 25.2 Å². The highest BCUT2D eigenvalue weighted by atomic mass is 19.1. The normalized spacial score (nSPS) is 10.9. The van der Waals surface area contributed by atoms with E-state index in [1.165, 1.54) is 24.3 Å². The Kier molecular flexibility index (Phi) is 5.85. The molecule has 3 heteroatoms. The Bertz CT molecular complexity index is 588. The van der Waals surface area contributed by atoms with Gasteiger partial charge < -0.3 is 4.74 Å². The molecular formula is C18H17FO2. The van der Waals surface area contributed by atoms with Crippen LogP contribution in [0.5, 0.6) is 0 Å². The van der Waals surface area contributed by atoms with E-state index in [1.807, 2.05) is 42.5 Å². The van der Waals surface area contributed by atoms with E-state index in [9.17, 15) is 9.18 Å². The molecule has 0 aromatic heterocycles. The molecule has 0 bridgehead atoms. The largest absolute Gasteiger partial charge is 0.377 e. The van der Waals surface area contributed by atoms with E-state index in [4.69, 9.17) is 4.74 Å². The van der Waals surface area contributed by atoms with E-state index < -0.39 is 0 Å². The van der Waals surface area contributed by atoms with Crippen LogP contribution >= 0.6 is 0 Å². The Labute approximate surface area is 123 Å². The zero-order valence-electron chi connectivity index (χ0n) is 11.7. The topological polar surface area (TPSA) is 26.3 Å². The first-order valence-electron chi connectivity index (χ1n) is 6.84. The van der Waals surface area contributed by atoms with Crippen LogP contribution in [0.1, 0.15) is 22.3 Å². The molecule has 0 saturated heterocycles. The van der Waals surface area contributed by atoms with Crippen molar-refractivity contribution < 1.29 is 13.9 Å². The molecule has 0 spiro atoms. The molecule has 0 unspecified atom stereocenters. The fourth-order valence-electron chi connectivity index (χ4n) is 1.84. The first-order valence-corrected chi connectivity index (χ1v) is 6.84. The highest BCUT2D eigenvalue weighted by Gasteiger charge is 2.05. The van der Waals surface area contributed by atoms with Gasteiger partial charge in [0.05, 0.1) is 13.2 Å². The lowest BCUT2D eigenvalue weighted by Gasteiger charge is -2.02. The molecule has 0 atom stereocenters. The number of carbonyl (C=O) groups is 1. The van der Waals surface area contributed by atoms with Crippen molar-refractivity contribution >= 4 is 11.9 Å². The van der Waals surface area contributed by atoms with Crippen molar-refractivity contribution in [3.8, 4) is 0 Å². The van der Waals surface area contributed by atoms with Gasteiger partial charge in [0, 0.05) is 12.0 Å². The number of ketones is 1. The van der Waals surface area contributed by atoms with Crippen molar-refractivity contribution in [1.29, 1.82) is 0 Å². The minimum absolute atomic E-state index is 0.0398. The summed E-state index contributed by atoms with van der Waals surface area (Å²) >= 11 is 0. The van der Waals surface area contributed by atoms with Gasteiger partial charge in [-0.25, -0.2) is 4.39 Å². The molecule has 0 aliphatic heterocycles. The second-order valence-electron chi connectivity index (χ2n) is 4.57.